The van der Waals surface area contributed by atoms with Gasteiger partial charge in [-0.3, -0.25) is 4.79 Å². The fraction of sp³-hybridized carbons (Fsp3) is 0.417. The van der Waals surface area contributed by atoms with E-state index in [4.69, 9.17) is 0 Å². The summed E-state index contributed by atoms with van der Waals surface area (Å²) in [4.78, 5) is 11.2. The van der Waals surface area contributed by atoms with Crippen LogP contribution in [-0.2, 0) is 10.2 Å². The molecule has 1 aromatic rings. The summed E-state index contributed by atoms with van der Waals surface area (Å²) in [5.41, 5.74) is 0.895. The normalized spacial score (nSPS) is 33.7. The summed E-state index contributed by atoms with van der Waals surface area (Å²) in [6.45, 7) is 2.04. The van der Waals surface area contributed by atoms with Crippen molar-refractivity contribution in [2.75, 3.05) is 0 Å². The van der Waals surface area contributed by atoms with E-state index in [1.807, 2.05) is 37.3 Å². The van der Waals surface area contributed by atoms with Crippen molar-refractivity contribution in [3.05, 3.63) is 35.9 Å². The zero-order valence-corrected chi connectivity index (χ0v) is 10.1. The Kier molecular flexibility index (Phi) is 2.38. The molecular formula is C12H13BrO2. The van der Waals surface area contributed by atoms with E-state index in [0.717, 1.165) is 12.0 Å². The minimum Gasteiger partial charge on any atom is -0.480 e. The number of carbonyl (C=O) groups is 1. The maximum Gasteiger partial charge on any atom is 0.321 e. The van der Waals surface area contributed by atoms with Crippen LogP contribution in [0.25, 0.3) is 0 Å². The van der Waals surface area contributed by atoms with E-state index in [-0.39, 0.29) is 5.41 Å². The molecule has 80 valence electrons. The Morgan fingerprint density at radius 1 is 1.47 bits per heavy atom. The van der Waals surface area contributed by atoms with Crippen LogP contribution in [0.4, 0.5) is 0 Å². The van der Waals surface area contributed by atoms with E-state index in [1.165, 1.54) is 0 Å². The largest absolute Gasteiger partial charge is 0.480 e. The van der Waals surface area contributed by atoms with Crippen LogP contribution in [0.5, 0.6) is 0 Å². The Morgan fingerprint density at radius 3 is 2.47 bits per heavy atom. The molecule has 0 unspecified atom stereocenters. The molecule has 1 N–H and O–H groups in total. The topological polar surface area (TPSA) is 37.3 Å². The molecular weight excluding hydrogens is 256 g/mol. The monoisotopic (exact) mass is 268 g/mol. The highest BCUT2D eigenvalue weighted by Crippen LogP contribution is 2.65. The lowest BCUT2D eigenvalue weighted by atomic mass is 9.90. The van der Waals surface area contributed by atoms with Crippen LogP contribution in [-0.4, -0.2) is 15.4 Å². The van der Waals surface area contributed by atoms with E-state index in [2.05, 4.69) is 15.9 Å². The average molecular weight is 269 g/mol. The first-order valence-electron chi connectivity index (χ1n) is 5.05. The highest BCUT2D eigenvalue weighted by Gasteiger charge is 2.70. The minimum atomic E-state index is -0.756. The smallest absolute Gasteiger partial charge is 0.321 e. The van der Waals surface area contributed by atoms with Gasteiger partial charge in [-0.15, -0.1) is 0 Å². The molecule has 1 aliphatic carbocycles. The zero-order valence-electron chi connectivity index (χ0n) is 8.53. The maximum atomic E-state index is 11.2. The standard InChI is InChI=1S/C12H13BrO2/c1-2-11(8-12(11,13)10(14)15)9-6-4-3-5-7-9/h3-7H,2,8H2,1H3,(H,14,15)/t11-,12-/m0/s1. The van der Waals surface area contributed by atoms with Crippen molar-refractivity contribution in [3.8, 4) is 0 Å². The summed E-state index contributed by atoms with van der Waals surface area (Å²) in [5.74, 6) is -0.756. The average Bonchev–Trinajstić information content (AvgIpc) is 2.89. The third kappa shape index (κ3) is 1.33. The van der Waals surface area contributed by atoms with Gasteiger partial charge in [-0.05, 0) is 18.4 Å². The molecule has 2 atom stereocenters. The molecule has 2 rings (SSSR count). The number of halogens is 1. The molecule has 1 saturated carbocycles. The Balaban J connectivity index is 2.40. The second kappa shape index (κ2) is 3.34. The van der Waals surface area contributed by atoms with Crippen molar-refractivity contribution >= 4 is 21.9 Å². The first-order valence-corrected chi connectivity index (χ1v) is 5.84. The summed E-state index contributed by atoms with van der Waals surface area (Å²) >= 11 is 3.37. The van der Waals surface area contributed by atoms with Gasteiger partial charge in [-0.25, -0.2) is 0 Å². The number of rotatable bonds is 3. The van der Waals surface area contributed by atoms with Gasteiger partial charge in [0.1, 0.15) is 4.32 Å². The molecule has 0 heterocycles. The minimum absolute atomic E-state index is 0.222. The molecule has 0 aliphatic heterocycles. The zero-order chi connectivity index (χ0) is 11.1. The highest BCUT2D eigenvalue weighted by atomic mass is 79.9. The van der Waals surface area contributed by atoms with Crippen LogP contribution in [0.15, 0.2) is 30.3 Å². The van der Waals surface area contributed by atoms with Crippen LogP contribution in [0, 0.1) is 0 Å². The Bertz CT molecular complexity index is 390. The Morgan fingerprint density at radius 2 is 2.07 bits per heavy atom. The Hall–Kier alpha value is -0.830. The van der Waals surface area contributed by atoms with Gasteiger partial charge in [0.05, 0.1) is 0 Å². The molecule has 15 heavy (non-hydrogen) atoms. The first kappa shape index (κ1) is 10.7. The predicted octanol–water partition coefficient (Wildman–Crippen LogP) is 2.96. The van der Waals surface area contributed by atoms with Gasteiger partial charge in [0.15, 0.2) is 0 Å². The molecule has 2 nitrogen and oxygen atoms in total. The van der Waals surface area contributed by atoms with Gasteiger partial charge in [0.2, 0.25) is 0 Å². The molecule has 1 aliphatic rings. The van der Waals surface area contributed by atoms with Crippen molar-refractivity contribution in [1.82, 2.24) is 0 Å². The number of benzene rings is 1. The van der Waals surface area contributed by atoms with E-state index < -0.39 is 10.3 Å². The third-order valence-corrected chi connectivity index (χ3v) is 4.83. The molecule has 0 spiro atoms. The number of hydrogen-bond donors (Lipinski definition) is 1. The highest BCUT2D eigenvalue weighted by molar-refractivity contribution is 9.10. The molecule has 0 bridgehead atoms. The van der Waals surface area contributed by atoms with Gasteiger partial charge >= 0.3 is 5.97 Å². The summed E-state index contributed by atoms with van der Waals surface area (Å²) in [6, 6.07) is 9.89. The lowest BCUT2D eigenvalue weighted by molar-refractivity contribution is -0.137. The summed E-state index contributed by atoms with van der Waals surface area (Å²) < 4.78 is -0.754. The molecule has 1 fully saturated rings. The fourth-order valence-electron chi connectivity index (χ4n) is 2.35. The molecule has 3 heteroatoms. The number of carboxylic acid groups (broad SMARTS) is 1. The van der Waals surface area contributed by atoms with Crippen LogP contribution in [0.1, 0.15) is 25.3 Å². The molecule has 0 saturated heterocycles. The van der Waals surface area contributed by atoms with E-state index >= 15 is 0 Å². The second-order valence-electron chi connectivity index (χ2n) is 4.08. The van der Waals surface area contributed by atoms with Crippen molar-refractivity contribution < 1.29 is 9.90 Å². The number of alkyl halides is 1. The lowest BCUT2D eigenvalue weighted by Crippen LogP contribution is -2.26. The summed E-state index contributed by atoms with van der Waals surface area (Å²) in [6.07, 6.45) is 1.52. The van der Waals surface area contributed by atoms with Gasteiger partial charge in [-0.1, -0.05) is 53.2 Å². The van der Waals surface area contributed by atoms with Crippen LogP contribution in [0.2, 0.25) is 0 Å². The van der Waals surface area contributed by atoms with Crippen molar-refractivity contribution in [1.29, 1.82) is 0 Å². The summed E-state index contributed by atoms with van der Waals surface area (Å²) in [5, 5.41) is 9.19. The van der Waals surface area contributed by atoms with Gasteiger partial charge in [0, 0.05) is 5.41 Å². The SMILES string of the molecule is CC[C@@]1(c2ccccc2)C[C@]1(Br)C(=O)O. The molecule has 0 aromatic heterocycles. The van der Waals surface area contributed by atoms with Crippen LogP contribution >= 0.6 is 15.9 Å². The third-order valence-electron chi connectivity index (χ3n) is 3.45. The van der Waals surface area contributed by atoms with Crippen LogP contribution in [0.3, 0.4) is 0 Å². The Labute approximate surface area is 97.4 Å². The van der Waals surface area contributed by atoms with Gasteiger partial charge in [0.25, 0.3) is 0 Å². The molecule has 0 radical (unpaired) electrons. The second-order valence-corrected chi connectivity index (χ2v) is 5.44. The predicted molar refractivity (Wildman–Crippen MR) is 62.3 cm³/mol. The van der Waals surface area contributed by atoms with Crippen molar-refractivity contribution in [3.63, 3.8) is 0 Å². The van der Waals surface area contributed by atoms with Gasteiger partial charge in [-0.2, -0.15) is 0 Å². The van der Waals surface area contributed by atoms with E-state index in [9.17, 15) is 9.90 Å². The number of carboxylic acids is 1. The van der Waals surface area contributed by atoms with Gasteiger partial charge < -0.3 is 5.11 Å². The van der Waals surface area contributed by atoms with E-state index in [1.54, 1.807) is 0 Å². The fourth-order valence-corrected chi connectivity index (χ4v) is 3.34. The van der Waals surface area contributed by atoms with Crippen molar-refractivity contribution in [2.24, 2.45) is 0 Å². The molecule has 0 amide bonds. The van der Waals surface area contributed by atoms with E-state index in [0.29, 0.717) is 6.42 Å². The number of hydrogen-bond acceptors (Lipinski definition) is 1. The quantitative estimate of drug-likeness (QED) is 0.856. The van der Waals surface area contributed by atoms with Crippen LogP contribution < -0.4 is 0 Å². The molecule has 1 aromatic carbocycles. The number of aliphatic carboxylic acids is 1. The van der Waals surface area contributed by atoms with Crippen molar-refractivity contribution in [2.45, 2.75) is 29.5 Å². The first-order chi connectivity index (χ1) is 7.07. The lowest BCUT2D eigenvalue weighted by Gasteiger charge is -2.17. The summed E-state index contributed by atoms with van der Waals surface area (Å²) in [7, 11) is 0. The maximum absolute atomic E-state index is 11.2.